The molecule has 3 aromatic carbocycles. The van der Waals surface area contributed by atoms with Gasteiger partial charge in [0, 0.05) is 50.4 Å². The second-order valence-corrected chi connectivity index (χ2v) is 8.64. The van der Waals surface area contributed by atoms with Gasteiger partial charge in [0.15, 0.2) is 5.82 Å². The van der Waals surface area contributed by atoms with E-state index in [0.717, 1.165) is 72.2 Å². The maximum Gasteiger partial charge on any atom is 0.162 e. The molecule has 5 rings (SSSR count). The Morgan fingerprint density at radius 3 is 2.06 bits per heavy atom. The van der Waals surface area contributed by atoms with Gasteiger partial charge in [-0.2, -0.15) is 0 Å². The van der Waals surface area contributed by atoms with Crippen molar-refractivity contribution >= 4 is 5.82 Å². The lowest BCUT2D eigenvalue weighted by atomic mass is 9.97. The van der Waals surface area contributed by atoms with Crippen molar-refractivity contribution in [3.8, 4) is 39.5 Å². The molecule has 1 saturated heterocycles. The number of benzene rings is 3. The van der Waals surface area contributed by atoms with Crippen molar-refractivity contribution < 1.29 is 4.74 Å². The molecule has 2 N–H and O–H groups in total. The first-order chi connectivity index (χ1) is 17.3. The summed E-state index contributed by atoms with van der Waals surface area (Å²) < 4.78 is 5.77. The number of para-hydroxylation sites is 1. The molecule has 178 valence electrons. The maximum atomic E-state index is 5.81. The second-order valence-electron chi connectivity index (χ2n) is 8.64. The van der Waals surface area contributed by atoms with E-state index < -0.39 is 0 Å². The number of aromatic nitrogens is 2. The van der Waals surface area contributed by atoms with Crippen LogP contribution in [0.15, 0.2) is 84.9 Å². The monoisotopic (exact) mass is 465 g/mol. The van der Waals surface area contributed by atoms with Crippen LogP contribution in [0.1, 0.15) is 0 Å². The van der Waals surface area contributed by atoms with E-state index in [1.165, 1.54) is 0 Å². The molecule has 1 aromatic heterocycles. The third kappa shape index (κ3) is 4.90. The lowest BCUT2D eigenvalue weighted by molar-refractivity contribution is 0.264. The largest absolute Gasteiger partial charge is 0.496 e. The Hall–Kier alpha value is -3.74. The zero-order valence-electron chi connectivity index (χ0n) is 20.1. The van der Waals surface area contributed by atoms with Crippen LogP contribution in [0.5, 0.6) is 5.75 Å². The molecule has 0 amide bonds. The van der Waals surface area contributed by atoms with Crippen LogP contribution in [0.2, 0.25) is 0 Å². The van der Waals surface area contributed by atoms with Gasteiger partial charge in [-0.1, -0.05) is 72.8 Å². The number of rotatable bonds is 7. The number of nitrogens with zero attached hydrogens (tertiary/aromatic N) is 4. The standard InChI is InChI=1S/C29H31N5O/c1-35-25-15-9-8-14-24(25)27-26(22-10-4-2-5-11-22)29(34-20-18-33(17-16-30)19-21-34)32-28(31-27)23-12-6-3-7-13-23/h2-15H,16-21,30H2,1H3. The van der Waals surface area contributed by atoms with Crippen LogP contribution in [0.4, 0.5) is 5.82 Å². The van der Waals surface area contributed by atoms with Gasteiger partial charge in [0.2, 0.25) is 0 Å². The summed E-state index contributed by atoms with van der Waals surface area (Å²) in [5.74, 6) is 2.46. The van der Waals surface area contributed by atoms with Crippen LogP contribution < -0.4 is 15.4 Å². The van der Waals surface area contributed by atoms with Gasteiger partial charge in [0.25, 0.3) is 0 Å². The van der Waals surface area contributed by atoms with Crippen LogP contribution in [-0.2, 0) is 0 Å². The molecule has 0 unspecified atom stereocenters. The molecule has 2 heterocycles. The molecule has 1 aliphatic heterocycles. The molecule has 0 spiro atoms. The smallest absolute Gasteiger partial charge is 0.162 e. The average Bonchev–Trinajstić information content (AvgIpc) is 2.94. The fourth-order valence-corrected chi connectivity index (χ4v) is 4.67. The van der Waals surface area contributed by atoms with Crippen molar-refractivity contribution in [3.63, 3.8) is 0 Å². The number of hydrogen-bond acceptors (Lipinski definition) is 6. The Bertz CT molecular complexity index is 1250. The van der Waals surface area contributed by atoms with Crippen molar-refractivity contribution in [1.82, 2.24) is 14.9 Å². The molecular formula is C29H31N5O. The summed E-state index contributed by atoms with van der Waals surface area (Å²) in [6, 6.07) is 28.7. The molecule has 0 atom stereocenters. The third-order valence-electron chi connectivity index (χ3n) is 6.46. The minimum Gasteiger partial charge on any atom is -0.496 e. The fraction of sp³-hybridized carbons (Fsp3) is 0.241. The van der Waals surface area contributed by atoms with Gasteiger partial charge in [-0.15, -0.1) is 0 Å². The van der Waals surface area contributed by atoms with Crippen LogP contribution in [0.3, 0.4) is 0 Å². The van der Waals surface area contributed by atoms with E-state index in [0.29, 0.717) is 12.4 Å². The van der Waals surface area contributed by atoms with E-state index in [4.69, 9.17) is 20.4 Å². The van der Waals surface area contributed by atoms with E-state index in [2.05, 4.69) is 52.3 Å². The molecule has 1 fully saturated rings. The van der Waals surface area contributed by atoms with Crippen LogP contribution >= 0.6 is 0 Å². The van der Waals surface area contributed by atoms with Gasteiger partial charge >= 0.3 is 0 Å². The molecule has 0 saturated carbocycles. The predicted molar refractivity (Wildman–Crippen MR) is 143 cm³/mol. The molecule has 4 aromatic rings. The van der Waals surface area contributed by atoms with E-state index in [9.17, 15) is 0 Å². The van der Waals surface area contributed by atoms with Gasteiger partial charge < -0.3 is 15.4 Å². The lowest BCUT2D eigenvalue weighted by Gasteiger charge is -2.36. The molecule has 6 nitrogen and oxygen atoms in total. The molecule has 35 heavy (non-hydrogen) atoms. The van der Waals surface area contributed by atoms with Crippen molar-refractivity contribution in [2.45, 2.75) is 0 Å². The normalized spacial score (nSPS) is 14.2. The van der Waals surface area contributed by atoms with Crippen LogP contribution in [-0.4, -0.2) is 61.2 Å². The summed E-state index contributed by atoms with van der Waals surface area (Å²) in [6.07, 6.45) is 0. The highest BCUT2D eigenvalue weighted by atomic mass is 16.5. The van der Waals surface area contributed by atoms with E-state index in [-0.39, 0.29) is 0 Å². The Morgan fingerprint density at radius 1 is 0.771 bits per heavy atom. The van der Waals surface area contributed by atoms with E-state index in [1.54, 1.807) is 7.11 Å². The van der Waals surface area contributed by atoms with Crippen LogP contribution in [0, 0.1) is 0 Å². The quantitative estimate of drug-likeness (QED) is 0.431. The highest BCUT2D eigenvalue weighted by molar-refractivity contribution is 5.91. The Kier molecular flexibility index (Phi) is 7.02. The number of ether oxygens (including phenoxy) is 1. The first-order valence-corrected chi connectivity index (χ1v) is 12.1. The van der Waals surface area contributed by atoms with Gasteiger partial charge in [-0.3, -0.25) is 4.90 Å². The van der Waals surface area contributed by atoms with Gasteiger partial charge in [-0.05, 0) is 17.7 Å². The Balaban J connectivity index is 1.74. The molecule has 6 heteroatoms. The van der Waals surface area contributed by atoms with Gasteiger partial charge in [0.05, 0.1) is 18.4 Å². The molecule has 1 aliphatic rings. The van der Waals surface area contributed by atoms with Crippen molar-refractivity contribution in [2.24, 2.45) is 5.73 Å². The lowest BCUT2D eigenvalue weighted by Crippen LogP contribution is -2.48. The molecule has 0 radical (unpaired) electrons. The van der Waals surface area contributed by atoms with E-state index >= 15 is 0 Å². The summed E-state index contributed by atoms with van der Waals surface area (Å²) in [7, 11) is 1.71. The number of anilines is 1. The average molecular weight is 466 g/mol. The number of piperazine rings is 1. The zero-order chi connectivity index (χ0) is 24.0. The zero-order valence-corrected chi connectivity index (χ0v) is 20.1. The minimum absolute atomic E-state index is 0.679. The van der Waals surface area contributed by atoms with Crippen molar-refractivity contribution in [3.05, 3.63) is 84.9 Å². The fourth-order valence-electron chi connectivity index (χ4n) is 4.67. The summed E-state index contributed by atoms with van der Waals surface area (Å²) >= 11 is 0. The summed E-state index contributed by atoms with van der Waals surface area (Å²) in [5, 5.41) is 0. The second kappa shape index (κ2) is 10.7. The van der Waals surface area contributed by atoms with Crippen molar-refractivity contribution in [1.29, 1.82) is 0 Å². The summed E-state index contributed by atoms with van der Waals surface area (Å²) in [4.78, 5) is 15.1. The Labute approximate surface area is 207 Å². The Morgan fingerprint density at radius 2 is 1.40 bits per heavy atom. The topological polar surface area (TPSA) is 67.5 Å². The minimum atomic E-state index is 0.679. The first kappa shape index (κ1) is 23.0. The molecule has 0 bridgehead atoms. The number of nitrogens with two attached hydrogens (primary N) is 1. The van der Waals surface area contributed by atoms with Crippen LogP contribution in [0.25, 0.3) is 33.8 Å². The van der Waals surface area contributed by atoms with Gasteiger partial charge in [0.1, 0.15) is 11.6 Å². The molecule has 0 aliphatic carbocycles. The highest BCUT2D eigenvalue weighted by Gasteiger charge is 2.26. The highest BCUT2D eigenvalue weighted by Crippen LogP contribution is 2.42. The third-order valence-corrected chi connectivity index (χ3v) is 6.46. The molecular weight excluding hydrogens is 434 g/mol. The van der Waals surface area contributed by atoms with E-state index in [1.807, 2.05) is 42.5 Å². The number of methoxy groups -OCH3 is 1. The predicted octanol–water partition coefficient (Wildman–Crippen LogP) is 4.57. The maximum absolute atomic E-state index is 5.81. The van der Waals surface area contributed by atoms with Gasteiger partial charge in [-0.25, -0.2) is 9.97 Å². The number of hydrogen-bond donors (Lipinski definition) is 1. The summed E-state index contributed by atoms with van der Waals surface area (Å²) in [5.41, 5.74) is 10.8. The first-order valence-electron chi connectivity index (χ1n) is 12.1. The summed E-state index contributed by atoms with van der Waals surface area (Å²) in [6.45, 7) is 5.29. The SMILES string of the molecule is COc1ccccc1-c1nc(-c2ccccc2)nc(N2CCN(CCN)CC2)c1-c1ccccc1. The van der Waals surface area contributed by atoms with Crippen molar-refractivity contribution in [2.75, 3.05) is 51.3 Å².